The van der Waals surface area contributed by atoms with Gasteiger partial charge in [-0.1, -0.05) is 225 Å². The summed E-state index contributed by atoms with van der Waals surface area (Å²) < 4.78 is 2.38. The standard InChI is InChI=1S/C71H50N2/c1-5-19-49(20-6-1)53-35-36-55-46-61(39-37-54(55)44-53)72(62-40-41-64-63-31-13-15-33-67(63)71(68(64)48-62,57-24-7-2-8-25-57)58-26-9-3-10-27-58)60-30-18-23-52(45-60)50-21-17-22-51(43-50)56-38-42-70-66(47-56)65-32-14-16-34-69(65)73(70)59-28-11-4-12-29-59/h1-48,54-55H. The predicted molar refractivity (Wildman–Crippen MR) is 305 cm³/mol. The minimum absolute atomic E-state index is 0.209. The van der Waals surface area contributed by atoms with Crippen molar-refractivity contribution in [2.45, 2.75) is 5.41 Å². The summed E-state index contributed by atoms with van der Waals surface area (Å²) in [5.74, 6) is 0.465. The van der Waals surface area contributed by atoms with Crippen LogP contribution in [-0.4, -0.2) is 4.57 Å². The van der Waals surface area contributed by atoms with Crippen molar-refractivity contribution in [1.29, 1.82) is 0 Å². The zero-order chi connectivity index (χ0) is 48.3. The lowest BCUT2D eigenvalue weighted by atomic mass is 9.67. The summed E-state index contributed by atoms with van der Waals surface area (Å²) in [6.07, 6.45) is 14.4. The molecule has 14 rings (SSSR count). The molecule has 1 aromatic heterocycles. The fourth-order valence-electron chi connectivity index (χ4n) is 12.2. The molecule has 0 fully saturated rings. The lowest BCUT2D eigenvalue weighted by molar-refractivity contribution is 0.655. The van der Waals surface area contributed by atoms with E-state index in [4.69, 9.17) is 0 Å². The van der Waals surface area contributed by atoms with Crippen molar-refractivity contribution < 1.29 is 0 Å². The number of benzene rings is 10. The van der Waals surface area contributed by atoms with Crippen molar-refractivity contribution >= 4 is 38.8 Å². The van der Waals surface area contributed by atoms with Gasteiger partial charge in [0.05, 0.1) is 16.4 Å². The number of anilines is 2. The molecule has 2 atom stereocenters. The maximum absolute atomic E-state index is 2.49. The van der Waals surface area contributed by atoms with Crippen LogP contribution in [-0.2, 0) is 5.41 Å². The number of hydrogen-bond acceptors (Lipinski definition) is 1. The third kappa shape index (κ3) is 7.09. The smallest absolute Gasteiger partial charge is 0.0714 e. The summed E-state index contributed by atoms with van der Waals surface area (Å²) in [6, 6.07) is 93.8. The monoisotopic (exact) mass is 930 g/mol. The van der Waals surface area contributed by atoms with E-state index in [9.17, 15) is 0 Å². The van der Waals surface area contributed by atoms with Crippen LogP contribution in [0.25, 0.3) is 66.4 Å². The molecule has 2 heteroatoms. The van der Waals surface area contributed by atoms with Crippen molar-refractivity contribution in [3.63, 3.8) is 0 Å². The van der Waals surface area contributed by atoms with Crippen LogP contribution < -0.4 is 4.90 Å². The molecular formula is C71H50N2. The molecular weight excluding hydrogens is 881 g/mol. The van der Waals surface area contributed by atoms with Crippen LogP contribution in [0, 0.1) is 11.8 Å². The van der Waals surface area contributed by atoms with E-state index in [1.54, 1.807) is 0 Å². The highest BCUT2D eigenvalue weighted by Crippen LogP contribution is 2.57. The Labute approximate surface area is 427 Å². The average molecular weight is 931 g/mol. The largest absolute Gasteiger partial charge is 0.311 e. The highest BCUT2D eigenvalue weighted by atomic mass is 15.1. The fourth-order valence-corrected chi connectivity index (χ4v) is 12.2. The molecule has 10 aromatic carbocycles. The van der Waals surface area contributed by atoms with E-state index in [2.05, 4.69) is 301 Å². The number of nitrogens with zero attached hydrogens (tertiary/aromatic N) is 2. The second kappa shape index (κ2) is 17.6. The Balaban J connectivity index is 0.904. The normalized spacial score (nSPS) is 16.1. The Hall–Kier alpha value is -9.24. The van der Waals surface area contributed by atoms with E-state index in [-0.39, 0.29) is 11.8 Å². The van der Waals surface area contributed by atoms with Gasteiger partial charge in [0.15, 0.2) is 0 Å². The number of para-hydroxylation sites is 2. The van der Waals surface area contributed by atoms with Crippen LogP contribution in [0.2, 0.25) is 0 Å². The molecule has 0 amide bonds. The maximum Gasteiger partial charge on any atom is 0.0714 e. The minimum Gasteiger partial charge on any atom is -0.311 e. The van der Waals surface area contributed by atoms with E-state index in [1.807, 2.05) is 0 Å². The minimum atomic E-state index is -0.523. The van der Waals surface area contributed by atoms with Crippen molar-refractivity contribution in [1.82, 2.24) is 4.57 Å². The van der Waals surface area contributed by atoms with E-state index in [0.717, 1.165) is 28.3 Å². The highest BCUT2D eigenvalue weighted by molar-refractivity contribution is 6.10. The van der Waals surface area contributed by atoms with E-state index < -0.39 is 5.41 Å². The number of fused-ring (bicyclic) bond motifs is 7. The molecule has 0 bridgehead atoms. The molecule has 11 aromatic rings. The van der Waals surface area contributed by atoms with Gasteiger partial charge in [-0.05, 0) is 134 Å². The Bertz CT molecular complexity index is 3980. The SMILES string of the molecule is C1=CC2C=C(N(c3cccc(-c4cccc(-c5ccc6c(c5)c5ccccc5n6-c5ccccc5)c4)c3)c3ccc4c(c3)C(c3ccccc3)(c3ccccc3)c3ccccc3-4)C=CC2C=C1c1ccccc1. The summed E-state index contributed by atoms with van der Waals surface area (Å²) in [5, 5.41) is 2.50. The highest BCUT2D eigenvalue weighted by Gasteiger charge is 2.46. The van der Waals surface area contributed by atoms with Crippen molar-refractivity contribution in [3.05, 3.63) is 325 Å². The zero-order valence-electron chi connectivity index (χ0n) is 40.3. The molecule has 0 aliphatic heterocycles. The Morgan fingerprint density at radius 1 is 0.356 bits per heavy atom. The van der Waals surface area contributed by atoms with Crippen LogP contribution in [0.1, 0.15) is 27.8 Å². The topological polar surface area (TPSA) is 8.17 Å². The third-order valence-corrected chi connectivity index (χ3v) is 15.6. The second-order valence-electron chi connectivity index (χ2n) is 19.6. The second-order valence-corrected chi connectivity index (χ2v) is 19.6. The summed E-state index contributed by atoms with van der Waals surface area (Å²) in [5.41, 5.74) is 21.3. The molecule has 0 saturated carbocycles. The van der Waals surface area contributed by atoms with Crippen LogP contribution in [0.4, 0.5) is 11.4 Å². The van der Waals surface area contributed by atoms with Gasteiger partial charge in [-0.25, -0.2) is 0 Å². The van der Waals surface area contributed by atoms with Crippen molar-refractivity contribution in [3.8, 4) is 39.1 Å². The maximum atomic E-state index is 2.49. The van der Waals surface area contributed by atoms with Gasteiger partial charge >= 0.3 is 0 Å². The molecule has 0 spiro atoms. The van der Waals surface area contributed by atoms with Gasteiger partial charge in [-0.2, -0.15) is 0 Å². The number of hydrogen-bond donors (Lipinski definition) is 0. The van der Waals surface area contributed by atoms with Crippen molar-refractivity contribution in [2.75, 3.05) is 4.90 Å². The average Bonchev–Trinajstić information content (AvgIpc) is 3.97. The van der Waals surface area contributed by atoms with Gasteiger partial charge in [0.25, 0.3) is 0 Å². The Morgan fingerprint density at radius 2 is 0.918 bits per heavy atom. The van der Waals surface area contributed by atoms with Crippen LogP contribution in [0.15, 0.2) is 297 Å². The molecule has 3 aliphatic rings. The van der Waals surface area contributed by atoms with Crippen molar-refractivity contribution in [2.24, 2.45) is 11.8 Å². The van der Waals surface area contributed by atoms with E-state index in [1.165, 1.54) is 83.0 Å². The third-order valence-electron chi connectivity index (χ3n) is 15.6. The van der Waals surface area contributed by atoms with Gasteiger partial charge in [-0.3, -0.25) is 0 Å². The number of allylic oxidation sites excluding steroid dienone is 7. The first-order chi connectivity index (χ1) is 36.2. The van der Waals surface area contributed by atoms with Gasteiger partial charge < -0.3 is 9.47 Å². The molecule has 2 nitrogen and oxygen atoms in total. The summed E-state index contributed by atoms with van der Waals surface area (Å²) in [7, 11) is 0. The summed E-state index contributed by atoms with van der Waals surface area (Å²) in [4.78, 5) is 2.49. The van der Waals surface area contributed by atoms with Crippen LogP contribution in [0.5, 0.6) is 0 Å². The Morgan fingerprint density at radius 3 is 1.68 bits per heavy atom. The van der Waals surface area contributed by atoms with Gasteiger partial charge in [0.1, 0.15) is 0 Å². The Kier molecular flexibility index (Phi) is 10.3. The first kappa shape index (κ1) is 42.6. The van der Waals surface area contributed by atoms with Gasteiger partial charge in [0, 0.05) is 45.4 Å². The number of rotatable bonds is 9. The van der Waals surface area contributed by atoms with E-state index in [0.29, 0.717) is 0 Å². The quantitative estimate of drug-likeness (QED) is 0.140. The zero-order valence-corrected chi connectivity index (χ0v) is 40.3. The first-order valence-electron chi connectivity index (χ1n) is 25.5. The van der Waals surface area contributed by atoms with Crippen LogP contribution >= 0.6 is 0 Å². The first-order valence-corrected chi connectivity index (χ1v) is 25.5. The molecule has 0 N–H and O–H groups in total. The van der Waals surface area contributed by atoms with E-state index >= 15 is 0 Å². The molecule has 344 valence electrons. The van der Waals surface area contributed by atoms with Crippen LogP contribution in [0.3, 0.4) is 0 Å². The lowest BCUT2D eigenvalue weighted by Gasteiger charge is -2.35. The molecule has 0 saturated heterocycles. The molecule has 1 heterocycles. The molecule has 3 aliphatic carbocycles. The van der Waals surface area contributed by atoms with Gasteiger partial charge in [0.2, 0.25) is 0 Å². The fraction of sp³-hybridized carbons (Fsp3) is 0.0423. The molecule has 0 radical (unpaired) electrons. The predicted octanol–water partition coefficient (Wildman–Crippen LogP) is 18.0. The molecule has 2 unspecified atom stereocenters. The number of aromatic nitrogens is 1. The summed E-state index contributed by atoms with van der Waals surface area (Å²) in [6.45, 7) is 0. The van der Waals surface area contributed by atoms with Gasteiger partial charge in [-0.15, -0.1) is 0 Å². The summed E-state index contributed by atoms with van der Waals surface area (Å²) >= 11 is 0. The lowest BCUT2D eigenvalue weighted by Crippen LogP contribution is -2.29. The molecule has 73 heavy (non-hydrogen) atoms.